The Hall–Kier alpha value is -3.01. The van der Waals surface area contributed by atoms with Crippen molar-refractivity contribution >= 4 is 27.7 Å². The Morgan fingerprint density at radius 2 is 1.68 bits per heavy atom. The van der Waals surface area contributed by atoms with Gasteiger partial charge in [0.05, 0.1) is 6.42 Å². The molecule has 0 atom stereocenters. The summed E-state index contributed by atoms with van der Waals surface area (Å²) in [5.41, 5.74) is 6.12. The van der Waals surface area contributed by atoms with Crippen LogP contribution >= 0.6 is 0 Å². The van der Waals surface area contributed by atoms with Gasteiger partial charge in [0.2, 0.25) is 5.91 Å². The Morgan fingerprint density at radius 3 is 2.46 bits per heavy atom. The maximum atomic E-state index is 12.9. The van der Waals surface area contributed by atoms with Crippen LogP contribution in [0.3, 0.4) is 0 Å². The van der Waals surface area contributed by atoms with Crippen LogP contribution in [0.1, 0.15) is 35.6 Å². The summed E-state index contributed by atoms with van der Waals surface area (Å²) in [6, 6.07) is 16.7. The first-order chi connectivity index (χ1) is 13.7. The molecule has 2 aromatic carbocycles. The first-order valence-corrected chi connectivity index (χ1v) is 10.1. The smallest absolute Gasteiger partial charge is 0.227 e. The molecule has 1 fully saturated rings. The van der Waals surface area contributed by atoms with Crippen molar-refractivity contribution in [2.75, 3.05) is 13.1 Å². The van der Waals surface area contributed by atoms with E-state index in [-0.39, 0.29) is 5.91 Å². The third-order valence-electron chi connectivity index (χ3n) is 6.22. The average molecular weight is 371 g/mol. The number of fused-ring (bicyclic) bond motifs is 2. The number of rotatable bonds is 3. The summed E-state index contributed by atoms with van der Waals surface area (Å²) < 4.78 is 0. The number of likely N-dealkylation sites (tertiary alicyclic amines) is 1. The standard InChI is InChI=1S/C24H25N3O/c1-16-24(20-7-3-5-9-22(20)26-16)17-10-12-27(13-11-17)23(28)14-18-15-25-21-8-4-2-6-19(18)21/h2-9,15,17,25-26H,10-14H2,1H3. The Kier molecular flexibility index (Phi) is 4.19. The Morgan fingerprint density at radius 1 is 1.00 bits per heavy atom. The van der Waals surface area contributed by atoms with Crippen LogP contribution < -0.4 is 0 Å². The number of carbonyl (C=O) groups is 1. The van der Waals surface area contributed by atoms with E-state index < -0.39 is 0 Å². The van der Waals surface area contributed by atoms with Gasteiger partial charge in [-0.2, -0.15) is 0 Å². The summed E-state index contributed by atoms with van der Waals surface area (Å²) in [5, 5.41) is 2.49. The fraction of sp³-hybridized carbons (Fsp3) is 0.292. The van der Waals surface area contributed by atoms with Crippen molar-refractivity contribution in [2.24, 2.45) is 0 Å². The van der Waals surface area contributed by atoms with Gasteiger partial charge in [-0.15, -0.1) is 0 Å². The molecule has 0 radical (unpaired) electrons. The minimum Gasteiger partial charge on any atom is -0.361 e. The Bertz CT molecular complexity index is 1150. The molecule has 0 unspecified atom stereocenters. The summed E-state index contributed by atoms with van der Waals surface area (Å²) in [6.07, 6.45) is 4.51. The summed E-state index contributed by atoms with van der Waals surface area (Å²) >= 11 is 0. The Balaban J connectivity index is 1.29. The van der Waals surface area contributed by atoms with Gasteiger partial charge in [-0.1, -0.05) is 36.4 Å². The number of hydrogen-bond acceptors (Lipinski definition) is 1. The number of para-hydroxylation sites is 2. The first-order valence-electron chi connectivity index (χ1n) is 10.1. The van der Waals surface area contributed by atoms with E-state index in [2.05, 4.69) is 53.3 Å². The number of carbonyl (C=O) groups excluding carboxylic acids is 1. The molecule has 2 N–H and O–H groups in total. The predicted octanol–water partition coefficient (Wildman–Crippen LogP) is 4.91. The zero-order chi connectivity index (χ0) is 19.1. The molecule has 4 nitrogen and oxygen atoms in total. The van der Waals surface area contributed by atoms with Crippen molar-refractivity contribution in [2.45, 2.75) is 32.1 Å². The third kappa shape index (κ3) is 2.89. The molecule has 2 aromatic heterocycles. The van der Waals surface area contributed by atoms with Gasteiger partial charge in [0.1, 0.15) is 0 Å². The zero-order valence-corrected chi connectivity index (χ0v) is 16.2. The number of benzene rings is 2. The van der Waals surface area contributed by atoms with Crippen molar-refractivity contribution in [3.05, 3.63) is 71.5 Å². The second-order valence-corrected chi connectivity index (χ2v) is 7.90. The van der Waals surface area contributed by atoms with E-state index in [1.165, 1.54) is 22.2 Å². The van der Waals surface area contributed by atoms with E-state index in [0.717, 1.165) is 42.4 Å². The average Bonchev–Trinajstić information content (AvgIpc) is 3.28. The van der Waals surface area contributed by atoms with Gasteiger partial charge in [0, 0.05) is 46.8 Å². The van der Waals surface area contributed by atoms with Crippen LogP contribution in [-0.2, 0) is 11.2 Å². The van der Waals surface area contributed by atoms with E-state index in [0.29, 0.717) is 12.3 Å². The van der Waals surface area contributed by atoms with Gasteiger partial charge in [0.25, 0.3) is 0 Å². The van der Waals surface area contributed by atoms with Gasteiger partial charge in [-0.3, -0.25) is 4.79 Å². The van der Waals surface area contributed by atoms with Gasteiger partial charge in [-0.25, -0.2) is 0 Å². The Labute approximate surface area is 164 Å². The molecule has 1 aliphatic heterocycles. The number of nitrogens with zero attached hydrogens (tertiary/aromatic N) is 1. The van der Waals surface area contributed by atoms with E-state index in [1.807, 2.05) is 23.2 Å². The number of piperidine rings is 1. The van der Waals surface area contributed by atoms with Crippen LogP contribution in [-0.4, -0.2) is 33.9 Å². The predicted molar refractivity (Wildman–Crippen MR) is 114 cm³/mol. The summed E-state index contributed by atoms with van der Waals surface area (Å²) in [5.74, 6) is 0.757. The van der Waals surface area contributed by atoms with Crippen LogP contribution in [0.15, 0.2) is 54.7 Å². The van der Waals surface area contributed by atoms with Crippen molar-refractivity contribution in [1.82, 2.24) is 14.9 Å². The lowest BCUT2D eigenvalue weighted by atomic mass is 9.87. The highest BCUT2D eigenvalue weighted by Crippen LogP contribution is 2.35. The van der Waals surface area contributed by atoms with Gasteiger partial charge in [-0.05, 0) is 48.9 Å². The van der Waals surface area contributed by atoms with Gasteiger partial charge < -0.3 is 14.9 Å². The minimum absolute atomic E-state index is 0.235. The second-order valence-electron chi connectivity index (χ2n) is 7.90. The lowest BCUT2D eigenvalue weighted by molar-refractivity contribution is -0.131. The van der Waals surface area contributed by atoms with E-state index in [1.54, 1.807) is 0 Å². The molecule has 142 valence electrons. The first kappa shape index (κ1) is 17.1. The van der Waals surface area contributed by atoms with Crippen molar-refractivity contribution < 1.29 is 4.79 Å². The molecule has 0 saturated carbocycles. The molecule has 0 bridgehead atoms. The fourth-order valence-electron chi connectivity index (χ4n) is 4.79. The second kappa shape index (κ2) is 6.86. The van der Waals surface area contributed by atoms with Gasteiger partial charge in [0.15, 0.2) is 0 Å². The molecule has 1 aliphatic rings. The molecular formula is C24H25N3O. The number of H-pyrrole nitrogens is 2. The molecule has 4 heteroatoms. The summed E-state index contributed by atoms with van der Waals surface area (Å²) in [4.78, 5) is 21.7. The molecule has 1 saturated heterocycles. The van der Waals surface area contributed by atoms with Crippen LogP contribution in [0.2, 0.25) is 0 Å². The maximum Gasteiger partial charge on any atom is 0.227 e. The van der Waals surface area contributed by atoms with Crippen LogP contribution in [0.25, 0.3) is 21.8 Å². The van der Waals surface area contributed by atoms with Crippen molar-refractivity contribution in [1.29, 1.82) is 0 Å². The number of nitrogens with one attached hydrogen (secondary N) is 2. The number of amides is 1. The number of aryl methyl sites for hydroxylation is 1. The molecule has 0 spiro atoms. The lowest BCUT2D eigenvalue weighted by Crippen LogP contribution is -2.38. The molecule has 5 rings (SSSR count). The summed E-state index contributed by atoms with van der Waals surface area (Å²) in [7, 11) is 0. The van der Waals surface area contributed by atoms with Crippen LogP contribution in [0.5, 0.6) is 0 Å². The highest BCUT2D eigenvalue weighted by Gasteiger charge is 2.27. The molecule has 28 heavy (non-hydrogen) atoms. The minimum atomic E-state index is 0.235. The highest BCUT2D eigenvalue weighted by atomic mass is 16.2. The maximum absolute atomic E-state index is 12.9. The largest absolute Gasteiger partial charge is 0.361 e. The molecule has 1 amide bonds. The fourth-order valence-corrected chi connectivity index (χ4v) is 4.79. The van der Waals surface area contributed by atoms with Crippen LogP contribution in [0.4, 0.5) is 0 Å². The molecule has 4 aromatic rings. The zero-order valence-electron chi connectivity index (χ0n) is 16.2. The van der Waals surface area contributed by atoms with Crippen LogP contribution in [0, 0.1) is 6.92 Å². The monoisotopic (exact) mass is 371 g/mol. The molecular weight excluding hydrogens is 346 g/mol. The topological polar surface area (TPSA) is 51.9 Å². The number of aromatic nitrogens is 2. The number of aromatic amines is 2. The quantitative estimate of drug-likeness (QED) is 0.528. The molecule has 3 heterocycles. The van der Waals surface area contributed by atoms with E-state index in [4.69, 9.17) is 0 Å². The van der Waals surface area contributed by atoms with Crippen molar-refractivity contribution in [3.63, 3.8) is 0 Å². The summed E-state index contributed by atoms with van der Waals surface area (Å²) in [6.45, 7) is 3.85. The van der Waals surface area contributed by atoms with E-state index >= 15 is 0 Å². The SMILES string of the molecule is Cc1[nH]c2ccccc2c1C1CCN(C(=O)Cc2c[nH]c3ccccc23)CC1. The highest BCUT2D eigenvalue weighted by molar-refractivity contribution is 5.89. The van der Waals surface area contributed by atoms with Gasteiger partial charge >= 0.3 is 0 Å². The van der Waals surface area contributed by atoms with E-state index in [9.17, 15) is 4.79 Å². The molecule has 0 aliphatic carbocycles. The van der Waals surface area contributed by atoms with Crippen molar-refractivity contribution in [3.8, 4) is 0 Å². The number of hydrogen-bond donors (Lipinski definition) is 2. The lowest BCUT2D eigenvalue weighted by Gasteiger charge is -2.32. The normalized spacial score (nSPS) is 15.5. The third-order valence-corrected chi connectivity index (χ3v) is 6.22.